The van der Waals surface area contributed by atoms with Crippen molar-refractivity contribution in [3.8, 4) is 0 Å². The maximum Gasteiger partial charge on any atom is 0.433 e. The Kier molecular flexibility index (Phi) is 6.22. The Hall–Kier alpha value is -3.17. The number of halogens is 3. The van der Waals surface area contributed by atoms with Gasteiger partial charge in [0.25, 0.3) is 5.91 Å². The molecule has 0 aliphatic heterocycles. The van der Waals surface area contributed by atoms with Gasteiger partial charge in [0.2, 0.25) is 0 Å². The van der Waals surface area contributed by atoms with Crippen LogP contribution in [-0.2, 0) is 10.9 Å². The van der Waals surface area contributed by atoms with Crippen LogP contribution >= 0.6 is 0 Å². The van der Waals surface area contributed by atoms with E-state index in [1.807, 2.05) is 13.8 Å². The molecule has 0 atom stereocenters. The first-order chi connectivity index (χ1) is 13.1. The first-order valence-electron chi connectivity index (χ1n) is 8.21. The highest BCUT2D eigenvalue weighted by Gasteiger charge is 2.33. The fourth-order valence-corrected chi connectivity index (χ4v) is 2.43. The van der Waals surface area contributed by atoms with Crippen LogP contribution in [0.5, 0.6) is 0 Å². The van der Waals surface area contributed by atoms with E-state index in [0.29, 0.717) is 5.49 Å². The molecule has 0 aromatic carbocycles. The van der Waals surface area contributed by atoms with Crippen LogP contribution in [0.15, 0.2) is 35.5 Å². The number of anilines is 1. The molecule has 0 saturated heterocycles. The number of pyridine rings is 2. The molecule has 2 aromatic rings. The van der Waals surface area contributed by atoms with Crippen molar-refractivity contribution >= 4 is 17.6 Å². The number of carbonyl (C=O) groups excluding carboxylic acids is 2. The van der Waals surface area contributed by atoms with Gasteiger partial charge in [-0.15, -0.1) is 0 Å². The van der Waals surface area contributed by atoms with Crippen LogP contribution in [0, 0.1) is 0 Å². The van der Waals surface area contributed by atoms with Gasteiger partial charge in [0, 0.05) is 19.3 Å². The number of nitrogens with one attached hydrogen (secondary N) is 1. The molecule has 150 valence electrons. The molecule has 0 unspecified atom stereocenters. The summed E-state index contributed by atoms with van der Waals surface area (Å²) in [5.41, 5.74) is -1.08. The minimum atomic E-state index is -4.68. The molecule has 2 heterocycles. The average molecular weight is 396 g/mol. The van der Waals surface area contributed by atoms with E-state index in [-0.39, 0.29) is 17.3 Å². The highest BCUT2D eigenvalue weighted by Crippen LogP contribution is 2.27. The van der Waals surface area contributed by atoms with Crippen molar-refractivity contribution in [1.29, 1.82) is 0 Å². The maximum absolute atomic E-state index is 12.8. The lowest BCUT2D eigenvalue weighted by molar-refractivity contribution is -0.141. The number of carbonyl (C=O) groups is 2. The second-order valence-corrected chi connectivity index (χ2v) is 6.04. The summed E-state index contributed by atoms with van der Waals surface area (Å²) >= 11 is 0. The Morgan fingerprint density at radius 2 is 1.96 bits per heavy atom. The molecule has 0 bridgehead atoms. The van der Waals surface area contributed by atoms with E-state index < -0.39 is 29.4 Å². The number of hydrogen-bond donors (Lipinski definition) is 1. The molecule has 0 fully saturated rings. The van der Waals surface area contributed by atoms with E-state index in [4.69, 9.17) is 4.74 Å². The fraction of sp³-hybridized carbons (Fsp3) is 0.333. The SMILES string of the molecule is CN=c1cc(C(=O)OC)c(NC(=O)c2cccc(C(F)(F)F)n2)cn1C(C)C. The lowest BCUT2D eigenvalue weighted by Crippen LogP contribution is -2.27. The third-order valence-corrected chi connectivity index (χ3v) is 3.81. The van der Waals surface area contributed by atoms with Crippen LogP contribution < -0.4 is 10.8 Å². The predicted molar refractivity (Wildman–Crippen MR) is 94.8 cm³/mol. The lowest BCUT2D eigenvalue weighted by atomic mass is 10.2. The highest BCUT2D eigenvalue weighted by atomic mass is 19.4. The monoisotopic (exact) mass is 396 g/mol. The topological polar surface area (TPSA) is 85.6 Å². The van der Waals surface area contributed by atoms with Gasteiger partial charge >= 0.3 is 12.1 Å². The highest BCUT2D eigenvalue weighted by molar-refractivity contribution is 6.06. The van der Waals surface area contributed by atoms with Gasteiger partial charge in [0.15, 0.2) is 0 Å². The molecule has 0 spiro atoms. The first kappa shape index (κ1) is 21.1. The van der Waals surface area contributed by atoms with Crippen molar-refractivity contribution in [2.75, 3.05) is 19.5 Å². The number of nitrogens with zero attached hydrogens (tertiary/aromatic N) is 3. The second kappa shape index (κ2) is 8.24. The van der Waals surface area contributed by atoms with Crippen LogP contribution in [0.25, 0.3) is 0 Å². The van der Waals surface area contributed by atoms with Gasteiger partial charge in [-0.05, 0) is 32.0 Å². The van der Waals surface area contributed by atoms with Gasteiger partial charge in [-0.3, -0.25) is 9.79 Å². The van der Waals surface area contributed by atoms with Gasteiger partial charge in [0.1, 0.15) is 16.9 Å². The van der Waals surface area contributed by atoms with Crippen LogP contribution in [0.4, 0.5) is 18.9 Å². The van der Waals surface area contributed by atoms with E-state index in [9.17, 15) is 22.8 Å². The summed E-state index contributed by atoms with van der Waals surface area (Å²) in [6.07, 6.45) is -3.21. The van der Waals surface area contributed by atoms with Gasteiger partial charge in [-0.25, -0.2) is 9.78 Å². The van der Waals surface area contributed by atoms with E-state index >= 15 is 0 Å². The van der Waals surface area contributed by atoms with Crippen molar-refractivity contribution in [3.05, 3.63) is 52.9 Å². The van der Waals surface area contributed by atoms with Crippen LogP contribution in [0.1, 0.15) is 46.4 Å². The summed E-state index contributed by atoms with van der Waals surface area (Å²) in [6.45, 7) is 3.74. The fourth-order valence-electron chi connectivity index (χ4n) is 2.43. The molecule has 1 N–H and O–H groups in total. The molecule has 0 aliphatic rings. The van der Waals surface area contributed by atoms with Crippen LogP contribution in [0.3, 0.4) is 0 Å². The van der Waals surface area contributed by atoms with Gasteiger partial charge < -0.3 is 14.6 Å². The van der Waals surface area contributed by atoms with E-state index in [1.165, 1.54) is 19.4 Å². The minimum absolute atomic E-state index is 0.0142. The summed E-state index contributed by atoms with van der Waals surface area (Å²) in [7, 11) is 2.72. The average Bonchev–Trinajstić information content (AvgIpc) is 2.66. The molecule has 1 amide bonds. The van der Waals surface area contributed by atoms with Crippen molar-refractivity contribution < 1.29 is 27.5 Å². The minimum Gasteiger partial charge on any atom is -0.465 e. The normalized spacial score (nSPS) is 12.2. The Morgan fingerprint density at radius 1 is 1.29 bits per heavy atom. The Morgan fingerprint density at radius 3 is 2.50 bits per heavy atom. The summed E-state index contributed by atoms with van der Waals surface area (Å²) in [5, 5.41) is 2.44. The van der Waals surface area contributed by atoms with Crippen LogP contribution in [0.2, 0.25) is 0 Å². The number of amides is 1. The number of aromatic nitrogens is 2. The summed E-state index contributed by atoms with van der Waals surface area (Å²) in [6, 6.07) is 4.36. The van der Waals surface area contributed by atoms with Gasteiger partial charge in [-0.1, -0.05) is 6.07 Å². The Bertz CT molecular complexity index is 965. The first-order valence-corrected chi connectivity index (χ1v) is 8.21. The second-order valence-electron chi connectivity index (χ2n) is 6.04. The standard InChI is InChI=1S/C18H19F3N4O3/c1-10(2)25-9-13(11(17(27)28-4)8-15(25)22-3)24-16(26)12-6-5-7-14(23-12)18(19,20)21/h5-10H,1-4H3,(H,24,26). The molecule has 0 aliphatic carbocycles. The number of rotatable bonds is 4. The quantitative estimate of drug-likeness (QED) is 0.805. The summed E-state index contributed by atoms with van der Waals surface area (Å²) in [5.74, 6) is -1.62. The zero-order valence-corrected chi connectivity index (χ0v) is 15.7. The zero-order valence-electron chi connectivity index (χ0n) is 15.7. The number of esters is 1. The lowest BCUT2D eigenvalue weighted by Gasteiger charge is -2.17. The smallest absolute Gasteiger partial charge is 0.433 e. The predicted octanol–water partition coefficient (Wildman–Crippen LogP) is 3.05. The van der Waals surface area contributed by atoms with Crippen molar-refractivity contribution in [1.82, 2.24) is 9.55 Å². The molecular weight excluding hydrogens is 377 g/mol. The Labute approximate surface area is 158 Å². The Balaban J connectivity index is 2.51. The number of alkyl halides is 3. The third-order valence-electron chi connectivity index (χ3n) is 3.81. The molecule has 7 nitrogen and oxygen atoms in total. The van der Waals surface area contributed by atoms with E-state index in [1.54, 1.807) is 11.6 Å². The van der Waals surface area contributed by atoms with Crippen LogP contribution in [-0.4, -0.2) is 35.6 Å². The largest absolute Gasteiger partial charge is 0.465 e. The summed E-state index contributed by atoms with van der Waals surface area (Å²) < 4.78 is 44.9. The van der Waals surface area contributed by atoms with Gasteiger partial charge in [-0.2, -0.15) is 13.2 Å². The van der Waals surface area contributed by atoms with E-state index in [0.717, 1.165) is 18.2 Å². The molecule has 0 saturated carbocycles. The summed E-state index contributed by atoms with van der Waals surface area (Å²) in [4.78, 5) is 32.0. The number of methoxy groups -OCH3 is 1. The van der Waals surface area contributed by atoms with E-state index in [2.05, 4.69) is 15.3 Å². The third kappa shape index (κ3) is 4.56. The molecule has 0 radical (unpaired) electrons. The molecule has 2 rings (SSSR count). The van der Waals surface area contributed by atoms with Gasteiger partial charge in [0.05, 0.1) is 18.4 Å². The number of ether oxygens (including phenoxy) is 1. The van der Waals surface area contributed by atoms with Crippen molar-refractivity contribution in [2.45, 2.75) is 26.1 Å². The molecule has 2 aromatic heterocycles. The zero-order chi connectivity index (χ0) is 21.1. The maximum atomic E-state index is 12.8. The molecule has 28 heavy (non-hydrogen) atoms. The number of hydrogen-bond acceptors (Lipinski definition) is 5. The van der Waals surface area contributed by atoms with Crippen molar-refractivity contribution in [2.24, 2.45) is 4.99 Å². The molecular formula is C18H19F3N4O3. The van der Waals surface area contributed by atoms with Crippen molar-refractivity contribution in [3.63, 3.8) is 0 Å². The molecule has 10 heteroatoms.